The highest BCUT2D eigenvalue weighted by atomic mass is 16.5. The van der Waals surface area contributed by atoms with Gasteiger partial charge in [-0.05, 0) is 59.7 Å². The standard InChI is InChI=1S/C26H25N3O4/c1-17(18-3-5-19(6-4-18)26(32)27-13-12-25(30)31)29-24(11-14-28-29)22-8-7-21-16-23(33-2)10-9-20(21)15-22/h3-11,14-17H,12-13H2,1-2H3,(H,27,32)(H,30,31). The number of hydrogen-bond acceptors (Lipinski definition) is 4. The molecule has 0 aliphatic rings. The van der Waals surface area contributed by atoms with Crippen LogP contribution in [-0.4, -0.2) is 40.4 Å². The number of ether oxygens (including phenoxy) is 1. The number of amides is 1. The predicted molar refractivity (Wildman–Crippen MR) is 127 cm³/mol. The van der Waals surface area contributed by atoms with Crippen molar-refractivity contribution in [3.05, 3.63) is 84.1 Å². The van der Waals surface area contributed by atoms with E-state index in [1.807, 2.05) is 41.1 Å². The largest absolute Gasteiger partial charge is 0.497 e. The summed E-state index contributed by atoms with van der Waals surface area (Å²) < 4.78 is 7.28. The Hall–Kier alpha value is -4.13. The summed E-state index contributed by atoms with van der Waals surface area (Å²) in [6, 6.07) is 21.5. The lowest BCUT2D eigenvalue weighted by molar-refractivity contribution is -0.136. The van der Waals surface area contributed by atoms with E-state index >= 15 is 0 Å². The maximum Gasteiger partial charge on any atom is 0.305 e. The lowest BCUT2D eigenvalue weighted by atomic mass is 10.0. The Balaban J connectivity index is 1.54. The molecule has 0 aliphatic carbocycles. The fraction of sp³-hybridized carbons (Fsp3) is 0.192. The van der Waals surface area contributed by atoms with Gasteiger partial charge in [0.2, 0.25) is 0 Å². The molecule has 0 aliphatic heterocycles. The first-order chi connectivity index (χ1) is 16.0. The molecule has 33 heavy (non-hydrogen) atoms. The lowest BCUT2D eigenvalue weighted by Gasteiger charge is -2.17. The van der Waals surface area contributed by atoms with Crippen molar-refractivity contribution in [1.29, 1.82) is 0 Å². The quantitative estimate of drug-likeness (QED) is 0.417. The molecule has 2 N–H and O–H groups in total. The Morgan fingerprint density at radius 3 is 2.48 bits per heavy atom. The van der Waals surface area contributed by atoms with Gasteiger partial charge in [0.1, 0.15) is 5.75 Å². The third-order valence-electron chi connectivity index (χ3n) is 5.66. The lowest BCUT2D eigenvalue weighted by Crippen LogP contribution is -2.26. The van der Waals surface area contributed by atoms with Gasteiger partial charge in [0.15, 0.2) is 0 Å². The second-order valence-electron chi connectivity index (χ2n) is 7.79. The van der Waals surface area contributed by atoms with Gasteiger partial charge in [0, 0.05) is 23.9 Å². The number of nitrogens with one attached hydrogen (secondary N) is 1. The van der Waals surface area contributed by atoms with Gasteiger partial charge in [-0.1, -0.05) is 30.3 Å². The smallest absolute Gasteiger partial charge is 0.305 e. The van der Waals surface area contributed by atoms with Crippen molar-refractivity contribution < 1.29 is 19.4 Å². The molecule has 4 aromatic rings. The van der Waals surface area contributed by atoms with Crippen LogP contribution in [0.1, 0.15) is 35.3 Å². The van der Waals surface area contributed by atoms with E-state index in [9.17, 15) is 9.59 Å². The second-order valence-corrected chi connectivity index (χ2v) is 7.79. The van der Waals surface area contributed by atoms with E-state index in [-0.39, 0.29) is 24.9 Å². The molecule has 7 heteroatoms. The number of carbonyl (C=O) groups excluding carboxylic acids is 1. The van der Waals surface area contributed by atoms with Crippen molar-refractivity contribution in [3.8, 4) is 17.0 Å². The highest BCUT2D eigenvalue weighted by Crippen LogP contribution is 2.30. The SMILES string of the molecule is COc1ccc2cc(-c3ccnn3C(C)c3ccc(C(=O)NCCC(=O)O)cc3)ccc2c1. The van der Waals surface area contributed by atoms with Crippen molar-refractivity contribution in [2.45, 2.75) is 19.4 Å². The molecule has 7 nitrogen and oxygen atoms in total. The number of carboxylic acids is 1. The van der Waals surface area contributed by atoms with Crippen LogP contribution in [0.15, 0.2) is 72.9 Å². The minimum atomic E-state index is -0.944. The summed E-state index contributed by atoms with van der Waals surface area (Å²) in [6.07, 6.45) is 1.68. The molecule has 0 fully saturated rings. The molecule has 1 atom stereocenters. The van der Waals surface area contributed by atoms with E-state index in [0.717, 1.165) is 33.3 Å². The summed E-state index contributed by atoms with van der Waals surface area (Å²) in [5.74, 6) is -0.406. The molecule has 0 saturated heterocycles. The normalized spacial score (nSPS) is 11.8. The molecule has 0 saturated carbocycles. The molecule has 1 aromatic heterocycles. The van der Waals surface area contributed by atoms with Crippen LogP contribution >= 0.6 is 0 Å². The number of carboxylic acid groups (broad SMARTS) is 1. The van der Waals surface area contributed by atoms with Crippen LogP contribution in [0, 0.1) is 0 Å². The molecule has 0 radical (unpaired) electrons. The maximum atomic E-state index is 12.2. The van der Waals surface area contributed by atoms with E-state index < -0.39 is 5.97 Å². The summed E-state index contributed by atoms with van der Waals surface area (Å²) in [5, 5.41) is 18.1. The number of carbonyl (C=O) groups is 2. The molecule has 1 heterocycles. The molecule has 1 unspecified atom stereocenters. The van der Waals surface area contributed by atoms with Crippen LogP contribution in [0.3, 0.4) is 0 Å². The van der Waals surface area contributed by atoms with Gasteiger partial charge < -0.3 is 15.2 Å². The molecular formula is C26H25N3O4. The molecule has 4 rings (SSSR count). The number of rotatable bonds is 8. The zero-order valence-corrected chi connectivity index (χ0v) is 18.5. The van der Waals surface area contributed by atoms with Gasteiger partial charge in [-0.2, -0.15) is 5.10 Å². The van der Waals surface area contributed by atoms with Crippen LogP contribution in [0.4, 0.5) is 0 Å². The van der Waals surface area contributed by atoms with E-state index in [4.69, 9.17) is 9.84 Å². The third kappa shape index (κ3) is 4.87. The topological polar surface area (TPSA) is 93.5 Å². The average molecular weight is 444 g/mol. The molecule has 3 aromatic carbocycles. The fourth-order valence-corrected chi connectivity index (χ4v) is 3.80. The molecule has 1 amide bonds. The van der Waals surface area contributed by atoms with Crippen LogP contribution in [0.25, 0.3) is 22.0 Å². The minimum absolute atomic E-state index is 0.0503. The van der Waals surface area contributed by atoms with Gasteiger partial charge in [0.25, 0.3) is 5.91 Å². The Morgan fingerprint density at radius 2 is 1.76 bits per heavy atom. The molecular weight excluding hydrogens is 418 g/mol. The van der Waals surface area contributed by atoms with Crippen molar-refractivity contribution in [1.82, 2.24) is 15.1 Å². The van der Waals surface area contributed by atoms with Crippen molar-refractivity contribution in [2.75, 3.05) is 13.7 Å². The summed E-state index contributed by atoms with van der Waals surface area (Å²) in [4.78, 5) is 22.8. The van der Waals surface area contributed by atoms with Crippen molar-refractivity contribution >= 4 is 22.6 Å². The maximum absolute atomic E-state index is 12.2. The highest BCUT2D eigenvalue weighted by molar-refractivity contribution is 5.94. The number of fused-ring (bicyclic) bond motifs is 1. The number of aliphatic carboxylic acids is 1. The molecule has 168 valence electrons. The Morgan fingerprint density at radius 1 is 1.03 bits per heavy atom. The van der Waals surface area contributed by atoms with E-state index in [1.165, 1.54) is 0 Å². The fourth-order valence-electron chi connectivity index (χ4n) is 3.80. The van der Waals surface area contributed by atoms with E-state index in [1.54, 1.807) is 25.4 Å². The first-order valence-corrected chi connectivity index (χ1v) is 10.7. The van der Waals surface area contributed by atoms with Gasteiger partial charge in [-0.15, -0.1) is 0 Å². The number of hydrogen-bond donors (Lipinski definition) is 2. The van der Waals surface area contributed by atoms with Crippen molar-refractivity contribution in [2.24, 2.45) is 0 Å². The average Bonchev–Trinajstić information content (AvgIpc) is 3.32. The summed E-state index contributed by atoms with van der Waals surface area (Å²) in [5.41, 5.74) is 3.55. The molecule has 0 spiro atoms. The summed E-state index contributed by atoms with van der Waals surface area (Å²) >= 11 is 0. The van der Waals surface area contributed by atoms with Crippen LogP contribution in [0.5, 0.6) is 5.75 Å². The van der Waals surface area contributed by atoms with Crippen LogP contribution in [0.2, 0.25) is 0 Å². The van der Waals surface area contributed by atoms with Gasteiger partial charge in [-0.25, -0.2) is 0 Å². The Kier molecular flexibility index (Phi) is 6.40. The van der Waals surface area contributed by atoms with Crippen LogP contribution in [-0.2, 0) is 4.79 Å². The monoisotopic (exact) mass is 443 g/mol. The zero-order chi connectivity index (χ0) is 23.4. The minimum Gasteiger partial charge on any atom is -0.497 e. The number of benzene rings is 3. The first-order valence-electron chi connectivity index (χ1n) is 10.7. The van der Waals surface area contributed by atoms with Gasteiger partial charge in [0.05, 0.1) is 25.3 Å². The highest BCUT2D eigenvalue weighted by Gasteiger charge is 2.15. The van der Waals surface area contributed by atoms with Crippen molar-refractivity contribution in [3.63, 3.8) is 0 Å². The predicted octanol–water partition coefficient (Wildman–Crippen LogP) is 4.53. The number of nitrogens with zero attached hydrogens (tertiary/aromatic N) is 2. The first kappa shape index (κ1) is 22.1. The van der Waals surface area contributed by atoms with Gasteiger partial charge in [-0.3, -0.25) is 14.3 Å². The third-order valence-corrected chi connectivity index (χ3v) is 5.66. The zero-order valence-electron chi connectivity index (χ0n) is 18.5. The summed E-state index contributed by atoms with van der Waals surface area (Å²) in [6.45, 7) is 2.16. The Labute approximate surface area is 191 Å². The Bertz CT molecular complexity index is 1290. The molecule has 0 bridgehead atoms. The number of aromatic nitrogens is 2. The van der Waals surface area contributed by atoms with E-state index in [2.05, 4.69) is 35.5 Å². The van der Waals surface area contributed by atoms with E-state index in [0.29, 0.717) is 5.56 Å². The number of methoxy groups -OCH3 is 1. The van der Waals surface area contributed by atoms with Crippen LogP contribution < -0.4 is 10.1 Å². The van der Waals surface area contributed by atoms with Gasteiger partial charge >= 0.3 is 5.97 Å². The second kappa shape index (κ2) is 9.56. The summed E-state index contributed by atoms with van der Waals surface area (Å²) in [7, 11) is 1.66.